The third kappa shape index (κ3) is 2.80. The van der Waals surface area contributed by atoms with Gasteiger partial charge in [0.15, 0.2) is 5.70 Å². The molecule has 1 aliphatic rings. The van der Waals surface area contributed by atoms with E-state index in [0.717, 1.165) is 5.69 Å². The highest BCUT2D eigenvalue weighted by Crippen LogP contribution is 2.32. The number of hydrazine groups is 1. The van der Waals surface area contributed by atoms with E-state index >= 15 is 0 Å². The van der Waals surface area contributed by atoms with Gasteiger partial charge in [-0.15, -0.1) is 21.6 Å². The number of aliphatic hydroxyl groups excluding tert-OH is 1. The first-order valence-electron chi connectivity index (χ1n) is 6.24. The van der Waals surface area contributed by atoms with E-state index in [-0.39, 0.29) is 5.95 Å². The van der Waals surface area contributed by atoms with Crippen LogP contribution in [0.2, 0.25) is 0 Å². The van der Waals surface area contributed by atoms with Crippen LogP contribution in [0.1, 0.15) is 12.6 Å². The Morgan fingerprint density at radius 1 is 1.41 bits per heavy atom. The Hall–Kier alpha value is -2.78. The summed E-state index contributed by atoms with van der Waals surface area (Å²) in [6.45, 7) is 1.30. The standard InChI is InChI=1S/C13H11N5O3S/c1-8(19)15-16-13-14-10(7-22-13)11-12(20)21-17-18(11)9-5-3-2-4-6-9/h2-7,17,20H,1H3. The Bertz CT molecular complexity index is 756. The van der Waals surface area contributed by atoms with Gasteiger partial charge in [-0.05, 0) is 12.1 Å². The number of para-hydroxylation sites is 1. The third-order valence-corrected chi connectivity index (χ3v) is 3.41. The van der Waals surface area contributed by atoms with E-state index in [0.29, 0.717) is 16.5 Å². The van der Waals surface area contributed by atoms with Crippen LogP contribution in [0.4, 0.5) is 10.8 Å². The molecule has 9 heteroatoms. The lowest BCUT2D eigenvalue weighted by molar-refractivity contribution is -0.116. The molecule has 0 fully saturated rings. The fraction of sp³-hybridized carbons (Fsp3) is 0.0769. The number of nitrogens with zero attached hydrogens (tertiary/aromatic N) is 4. The van der Waals surface area contributed by atoms with Crippen molar-refractivity contribution in [1.82, 2.24) is 10.6 Å². The van der Waals surface area contributed by atoms with Crippen LogP contribution in [0.25, 0.3) is 5.70 Å². The van der Waals surface area contributed by atoms with Gasteiger partial charge in [-0.3, -0.25) is 4.79 Å². The van der Waals surface area contributed by atoms with Gasteiger partial charge in [0.1, 0.15) is 5.69 Å². The van der Waals surface area contributed by atoms with E-state index in [1.165, 1.54) is 18.3 Å². The van der Waals surface area contributed by atoms with Gasteiger partial charge in [0.2, 0.25) is 5.13 Å². The zero-order valence-corrected chi connectivity index (χ0v) is 12.2. The van der Waals surface area contributed by atoms with Crippen molar-refractivity contribution in [3.8, 4) is 0 Å². The first-order chi connectivity index (χ1) is 10.6. The monoisotopic (exact) mass is 317 g/mol. The molecule has 8 nitrogen and oxygen atoms in total. The third-order valence-electron chi connectivity index (χ3n) is 2.69. The van der Waals surface area contributed by atoms with Crippen molar-refractivity contribution < 1.29 is 14.7 Å². The molecule has 1 aromatic heterocycles. The van der Waals surface area contributed by atoms with E-state index in [1.807, 2.05) is 30.3 Å². The molecule has 1 amide bonds. The minimum absolute atomic E-state index is 0.302. The molecule has 2 aromatic rings. The highest BCUT2D eigenvalue weighted by molar-refractivity contribution is 7.13. The molecule has 0 unspecified atom stereocenters. The van der Waals surface area contributed by atoms with E-state index in [2.05, 4.69) is 20.8 Å². The first kappa shape index (κ1) is 14.2. The van der Waals surface area contributed by atoms with Gasteiger partial charge >= 0.3 is 5.95 Å². The molecule has 0 aliphatic carbocycles. The second-order valence-electron chi connectivity index (χ2n) is 4.25. The van der Waals surface area contributed by atoms with Crippen molar-refractivity contribution in [3.63, 3.8) is 0 Å². The van der Waals surface area contributed by atoms with Crippen LogP contribution < -0.4 is 10.6 Å². The van der Waals surface area contributed by atoms with Crippen LogP contribution >= 0.6 is 11.3 Å². The Kier molecular flexibility index (Phi) is 3.81. The predicted molar refractivity (Wildman–Crippen MR) is 80.0 cm³/mol. The number of anilines is 1. The highest BCUT2D eigenvalue weighted by atomic mass is 32.1. The van der Waals surface area contributed by atoms with E-state index in [9.17, 15) is 9.90 Å². The predicted octanol–water partition coefficient (Wildman–Crippen LogP) is 2.91. The van der Waals surface area contributed by atoms with Gasteiger partial charge in [-0.2, -0.15) is 0 Å². The van der Waals surface area contributed by atoms with Crippen LogP contribution in [0.15, 0.2) is 51.9 Å². The molecule has 1 aromatic carbocycles. The summed E-state index contributed by atoms with van der Waals surface area (Å²) in [7, 11) is 0. The van der Waals surface area contributed by atoms with Crippen LogP contribution in [0, 0.1) is 0 Å². The molecule has 0 spiro atoms. The van der Waals surface area contributed by atoms with Gasteiger partial charge in [0.25, 0.3) is 5.91 Å². The largest absolute Gasteiger partial charge is 0.478 e. The summed E-state index contributed by atoms with van der Waals surface area (Å²) in [5, 5.41) is 20.6. The second-order valence-corrected chi connectivity index (χ2v) is 5.09. The fourth-order valence-corrected chi connectivity index (χ4v) is 2.41. The Morgan fingerprint density at radius 3 is 2.91 bits per heavy atom. The lowest BCUT2D eigenvalue weighted by Gasteiger charge is -2.17. The lowest BCUT2D eigenvalue weighted by Crippen LogP contribution is -2.30. The minimum atomic E-state index is -0.407. The van der Waals surface area contributed by atoms with Crippen molar-refractivity contribution in [2.24, 2.45) is 10.2 Å². The number of azo groups is 1. The molecular formula is C13H11N5O3S. The smallest absolute Gasteiger partial charge is 0.327 e. The van der Waals surface area contributed by atoms with Crippen molar-refractivity contribution in [1.29, 1.82) is 0 Å². The van der Waals surface area contributed by atoms with Gasteiger partial charge in [-0.1, -0.05) is 23.8 Å². The normalized spacial score (nSPS) is 14.7. The Balaban J connectivity index is 1.92. The average Bonchev–Trinajstić information content (AvgIpc) is 3.12. The first-order valence-corrected chi connectivity index (χ1v) is 7.12. The number of hydrogen-bond donors (Lipinski definition) is 2. The quantitative estimate of drug-likeness (QED) is 0.844. The molecule has 2 heterocycles. The second kappa shape index (κ2) is 5.92. The highest BCUT2D eigenvalue weighted by Gasteiger charge is 2.29. The van der Waals surface area contributed by atoms with Gasteiger partial charge in [0, 0.05) is 12.3 Å². The van der Waals surface area contributed by atoms with Crippen molar-refractivity contribution in [2.45, 2.75) is 6.92 Å². The molecule has 0 saturated heterocycles. The topological polar surface area (TPSA) is 99.4 Å². The summed E-state index contributed by atoms with van der Waals surface area (Å²) in [5.41, 5.74) is 4.17. The molecule has 112 valence electrons. The zero-order chi connectivity index (χ0) is 15.5. The van der Waals surface area contributed by atoms with Crippen LogP contribution in [0.5, 0.6) is 0 Å². The molecule has 0 radical (unpaired) electrons. The fourth-order valence-electron chi connectivity index (χ4n) is 1.79. The number of thiazole rings is 1. The summed E-state index contributed by atoms with van der Waals surface area (Å²) < 4.78 is 0. The molecule has 2 N–H and O–H groups in total. The van der Waals surface area contributed by atoms with Crippen molar-refractivity contribution >= 4 is 33.8 Å². The maximum absolute atomic E-state index is 10.8. The van der Waals surface area contributed by atoms with E-state index < -0.39 is 5.91 Å². The lowest BCUT2D eigenvalue weighted by atomic mass is 10.2. The summed E-state index contributed by atoms with van der Waals surface area (Å²) in [6, 6.07) is 9.29. The maximum atomic E-state index is 10.8. The number of aliphatic hydroxyl groups is 1. The summed E-state index contributed by atoms with van der Waals surface area (Å²) in [6.07, 6.45) is 0. The van der Waals surface area contributed by atoms with Gasteiger partial charge in [-0.25, -0.2) is 9.99 Å². The number of benzene rings is 1. The molecule has 0 atom stereocenters. The Morgan fingerprint density at radius 2 is 2.18 bits per heavy atom. The number of hydrogen-bond acceptors (Lipinski definition) is 8. The number of nitrogens with one attached hydrogen (secondary N) is 1. The van der Waals surface area contributed by atoms with E-state index in [1.54, 1.807) is 10.4 Å². The van der Waals surface area contributed by atoms with E-state index in [4.69, 9.17) is 4.84 Å². The maximum Gasteiger partial charge on any atom is 0.327 e. The summed E-state index contributed by atoms with van der Waals surface area (Å²) >= 11 is 1.20. The number of rotatable bonds is 3. The molecule has 0 bridgehead atoms. The molecular weight excluding hydrogens is 306 g/mol. The van der Waals surface area contributed by atoms with Crippen LogP contribution in [-0.2, 0) is 9.63 Å². The van der Waals surface area contributed by atoms with Gasteiger partial charge in [0.05, 0.1) is 5.69 Å². The SMILES string of the molecule is CC(=O)N=Nc1nc(C2=C(O)ONN2c2ccccc2)cs1. The van der Waals surface area contributed by atoms with Gasteiger partial charge < -0.3 is 9.94 Å². The van der Waals surface area contributed by atoms with Crippen LogP contribution in [0.3, 0.4) is 0 Å². The number of carbonyl (C=O) groups excluding carboxylic acids is 1. The number of aromatic nitrogens is 1. The van der Waals surface area contributed by atoms with Crippen LogP contribution in [-0.4, -0.2) is 16.0 Å². The molecule has 22 heavy (non-hydrogen) atoms. The molecule has 1 aliphatic heterocycles. The summed E-state index contributed by atoms with van der Waals surface area (Å²) in [4.78, 5) is 20.0. The van der Waals surface area contributed by atoms with Crippen molar-refractivity contribution in [3.05, 3.63) is 47.4 Å². The zero-order valence-electron chi connectivity index (χ0n) is 11.4. The average molecular weight is 317 g/mol. The van der Waals surface area contributed by atoms with Crippen molar-refractivity contribution in [2.75, 3.05) is 5.01 Å². The number of carbonyl (C=O) groups is 1. The molecule has 3 rings (SSSR count). The molecule has 0 saturated carbocycles. The summed E-state index contributed by atoms with van der Waals surface area (Å²) in [5.74, 6) is -0.709. The minimum Gasteiger partial charge on any atom is -0.478 e. The Labute approximate surface area is 129 Å². The number of amides is 1.